The highest BCUT2D eigenvalue weighted by molar-refractivity contribution is 5.99. The number of H-pyrrole nitrogens is 1. The molecule has 1 amide bonds. The van der Waals surface area contributed by atoms with Crippen molar-refractivity contribution >= 4 is 22.7 Å². The second kappa shape index (κ2) is 7.95. The molecule has 1 aromatic heterocycles. The Morgan fingerprint density at radius 3 is 2.69 bits per heavy atom. The topological polar surface area (TPSA) is 74.8 Å². The summed E-state index contributed by atoms with van der Waals surface area (Å²) in [6.45, 7) is 4.37. The molecule has 3 aromatic rings. The number of amides is 1. The fraction of sp³-hybridized carbons (Fsp3) is 0.286. The molecule has 5 heteroatoms. The van der Waals surface area contributed by atoms with Gasteiger partial charge >= 0.3 is 0 Å². The molecule has 0 unspecified atom stereocenters. The quantitative estimate of drug-likeness (QED) is 0.641. The average molecular weight is 349 g/mol. The highest BCUT2D eigenvalue weighted by atomic mass is 16.2. The lowest BCUT2D eigenvalue weighted by Crippen LogP contribution is -2.26. The Balaban J connectivity index is 1.45. The van der Waals surface area contributed by atoms with Crippen molar-refractivity contribution in [1.82, 2.24) is 15.3 Å². The molecule has 0 radical (unpaired) electrons. The van der Waals surface area contributed by atoms with Gasteiger partial charge in [-0.1, -0.05) is 29.8 Å². The minimum absolute atomic E-state index is 0.0126. The normalized spacial score (nSPS) is 10.8. The molecule has 0 saturated carbocycles. The van der Waals surface area contributed by atoms with Gasteiger partial charge in [0.15, 0.2) is 5.78 Å². The van der Waals surface area contributed by atoms with Crippen LogP contribution in [0.5, 0.6) is 0 Å². The maximum absolute atomic E-state index is 12.3. The number of imidazole rings is 1. The van der Waals surface area contributed by atoms with Gasteiger partial charge in [0.05, 0.1) is 11.0 Å². The van der Waals surface area contributed by atoms with Crippen LogP contribution in [-0.2, 0) is 11.2 Å². The van der Waals surface area contributed by atoms with E-state index in [1.54, 1.807) is 0 Å². The van der Waals surface area contributed by atoms with E-state index in [1.807, 2.05) is 56.3 Å². The molecular formula is C21H23N3O2. The summed E-state index contributed by atoms with van der Waals surface area (Å²) in [5, 5.41) is 2.86. The number of ketones is 1. The van der Waals surface area contributed by atoms with Crippen LogP contribution in [0, 0.1) is 13.8 Å². The van der Waals surface area contributed by atoms with Crippen molar-refractivity contribution in [2.75, 3.05) is 6.54 Å². The fourth-order valence-electron chi connectivity index (χ4n) is 2.93. The molecular weight excluding hydrogens is 326 g/mol. The van der Waals surface area contributed by atoms with Crippen LogP contribution in [0.4, 0.5) is 0 Å². The van der Waals surface area contributed by atoms with Crippen LogP contribution in [0.1, 0.15) is 40.2 Å². The standard InChI is InChI=1S/C21H23N3O2/c1-14-7-8-15(2)16(13-14)19(25)9-10-21(26)22-12-11-20-23-17-5-3-4-6-18(17)24-20/h3-8,13H,9-12H2,1-2H3,(H,22,26)(H,23,24). The largest absolute Gasteiger partial charge is 0.356 e. The lowest BCUT2D eigenvalue weighted by Gasteiger charge is -2.07. The first-order valence-corrected chi connectivity index (χ1v) is 8.84. The van der Waals surface area contributed by atoms with Crippen molar-refractivity contribution in [1.29, 1.82) is 0 Å². The van der Waals surface area contributed by atoms with Crippen molar-refractivity contribution in [3.8, 4) is 0 Å². The predicted octanol–water partition coefficient (Wildman–Crippen LogP) is 3.50. The van der Waals surface area contributed by atoms with Crippen molar-refractivity contribution in [3.05, 3.63) is 65.0 Å². The van der Waals surface area contributed by atoms with E-state index < -0.39 is 0 Å². The zero-order valence-electron chi connectivity index (χ0n) is 15.1. The first-order chi connectivity index (χ1) is 12.5. The van der Waals surface area contributed by atoms with Gasteiger partial charge in [-0.25, -0.2) is 4.98 Å². The Labute approximate surface area is 152 Å². The third-order valence-corrected chi connectivity index (χ3v) is 4.39. The number of aromatic amines is 1. The summed E-state index contributed by atoms with van der Waals surface area (Å²) in [6, 6.07) is 13.6. The van der Waals surface area contributed by atoms with Crippen LogP contribution in [0.15, 0.2) is 42.5 Å². The van der Waals surface area contributed by atoms with Crippen LogP contribution in [0.2, 0.25) is 0 Å². The van der Waals surface area contributed by atoms with Gasteiger partial charge in [-0.3, -0.25) is 9.59 Å². The minimum Gasteiger partial charge on any atom is -0.356 e. The number of rotatable bonds is 7. The summed E-state index contributed by atoms with van der Waals surface area (Å²) < 4.78 is 0. The molecule has 134 valence electrons. The molecule has 0 aliphatic rings. The van der Waals surface area contributed by atoms with Crippen molar-refractivity contribution < 1.29 is 9.59 Å². The predicted molar refractivity (Wildman–Crippen MR) is 102 cm³/mol. The third kappa shape index (κ3) is 4.36. The molecule has 3 rings (SSSR count). The summed E-state index contributed by atoms with van der Waals surface area (Å²) in [7, 11) is 0. The number of carbonyl (C=O) groups excluding carboxylic acids is 2. The number of nitrogens with one attached hydrogen (secondary N) is 2. The number of benzene rings is 2. The molecule has 0 atom stereocenters. The summed E-state index contributed by atoms with van der Waals surface area (Å²) in [5.74, 6) is 0.747. The lowest BCUT2D eigenvalue weighted by atomic mass is 9.99. The zero-order valence-corrected chi connectivity index (χ0v) is 15.1. The van der Waals surface area contributed by atoms with Gasteiger partial charge in [-0.15, -0.1) is 0 Å². The number of aromatic nitrogens is 2. The Morgan fingerprint density at radius 2 is 1.88 bits per heavy atom. The highest BCUT2D eigenvalue weighted by Gasteiger charge is 2.12. The summed E-state index contributed by atoms with van der Waals surface area (Å²) in [6.07, 6.45) is 1.05. The van der Waals surface area contributed by atoms with E-state index in [4.69, 9.17) is 0 Å². The second-order valence-electron chi connectivity index (χ2n) is 6.54. The molecule has 1 heterocycles. The van der Waals surface area contributed by atoms with E-state index in [0.717, 1.165) is 28.0 Å². The lowest BCUT2D eigenvalue weighted by molar-refractivity contribution is -0.121. The van der Waals surface area contributed by atoms with Crippen LogP contribution in [0.3, 0.4) is 0 Å². The van der Waals surface area contributed by atoms with Gasteiger partial charge in [0, 0.05) is 31.4 Å². The smallest absolute Gasteiger partial charge is 0.220 e. The maximum Gasteiger partial charge on any atom is 0.220 e. The number of nitrogens with zero attached hydrogens (tertiary/aromatic N) is 1. The molecule has 0 fully saturated rings. The molecule has 0 bridgehead atoms. The van der Waals surface area contributed by atoms with Crippen molar-refractivity contribution in [2.24, 2.45) is 0 Å². The maximum atomic E-state index is 12.3. The molecule has 26 heavy (non-hydrogen) atoms. The average Bonchev–Trinajstić information content (AvgIpc) is 3.04. The molecule has 0 aliphatic heterocycles. The van der Waals surface area contributed by atoms with Gasteiger partial charge in [-0.2, -0.15) is 0 Å². The van der Waals surface area contributed by atoms with E-state index >= 15 is 0 Å². The van der Waals surface area contributed by atoms with E-state index in [9.17, 15) is 9.59 Å². The fourth-order valence-corrected chi connectivity index (χ4v) is 2.93. The number of aryl methyl sites for hydroxylation is 2. The first-order valence-electron chi connectivity index (χ1n) is 8.84. The van der Waals surface area contributed by atoms with Gasteiger partial charge in [0.2, 0.25) is 5.91 Å². The van der Waals surface area contributed by atoms with Gasteiger partial charge < -0.3 is 10.3 Å². The molecule has 5 nitrogen and oxygen atoms in total. The Hall–Kier alpha value is -2.95. The molecule has 0 saturated heterocycles. The summed E-state index contributed by atoms with van der Waals surface area (Å²) in [5.41, 5.74) is 4.63. The Bertz CT molecular complexity index is 910. The number of hydrogen-bond acceptors (Lipinski definition) is 3. The Morgan fingerprint density at radius 1 is 1.08 bits per heavy atom. The van der Waals surface area contributed by atoms with Crippen molar-refractivity contribution in [2.45, 2.75) is 33.1 Å². The van der Waals surface area contributed by atoms with Gasteiger partial charge in [-0.05, 0) is 37.6 Å². The SMILES string of the molecule is Cc1ccc(C)c(C(=O)CCC(=O)NCCc2nc3ccccc3[nH]2)c1. The van der Waals surface area contributed by atoms with E-state index in [-0.39, 0.29) is 24.5 Å². The molecule has 0 spiro atoms. The Kier molecular flexibility index (Phi) is 5.46. The third-order valence-electron chi connectivity index (χ3n) is 4.39. The molecule has 0 aliphatic carbocycles. The van der Waals surface area contributed by atoms with E-state index in [0.29, 0.717) is 18.5 Å². The number of hydrogen-bond donors (Lipinski definition) is 2. The second-order valence-corrected chi connectivity index (χ2v) is 6.54. The number of fused-ring (bicyclic) bond motifs is 1. The number of para-hydroxylation sites is 2. The first kappa shape index (κ1) is 17.9. The monoisotopic (exact) mass is 349 g/mol. The van der Waals surface area contributed by atoms with Crippen molar-refractivity contribution in [3.63, 3.8) is 0 Å². The highest BCUT2D eigenvalue weighted by Crippen LogP contribution is 2.14. The summed E-state index contributed by atoms with van der Waals surface area (Å²) in [4.78, 5) is 32.0. The van der Waals surface area contributed by atoms with E-state index in [1.165, 1.54) is 0 Å². The molecule has 2 aromatic carbocycles. The number of carbonyl (C=O) groups is 2. The zero-order chi connectivity index (χ0) is 18.5. The van der Waals surface area contributed by atoms with Crippen LogP contribution < -0.4 is 5.32 Å². The van der Waals surface area contributed by atoms with Crippen LogP contribution in [-0.4, -0.2) is 28.2 Å². The minimum atomic E-state index is -0.111. The van der Waals surface area contributed by atoms with Gasteiger partial charge in [0.1, 0.15) is 5.82 Å². The van der Waals surface area contributed by atoms with Crippen LogP contribution in [0.25, 0.3) is 11.0 Å². The number of Topliss-reactive ketones (excluding diaryl/α,β-unsaturated/α-hetero) is 1. The van der Waals surface area contributed by atoms with Crippen LogP contribution >= 0.6 is 0 Å². The van der Waals surface area contributed by atoms with Gasteiger partial charge in [0.25, 0.3) is 0 Å². The molecule has 2 N–H and O–H groups in total. The summed E-state index contributed by atoms with van der Waals surface area (Å²) >= 11 is 0. The van der Waals surface area contributed by atoms with E-state index in [2.05, 4.69) is 15.3 Å².